The largest absolute Gasteiger partial charge is 0.497 e. The van der Waals surface area contributed by atoms with E-state index in [2.05, 4.69) is 5.32 Å². The van der Waals surface area contributed by atoms with Crippen molar-refractivity contribution >= 4 is 46.8 Å². The molecular formula is C20H20Cl2N2O3. The molecule has 2 amide bonds. The van der Waals surface area contributed by atoms with Crippen molar-refractivity contribution < 1.29 is 14.3 Å². The minimum Gasteiger partial charge on any atom is -0.497 e. The number of ether oxygens (including phenoxy) is 1. The number of hydrogen-bond acceptors (Lipinski definition) is 3. The molecule has 142 valence electrons. The molecule has 2 rings (SSSR count). The highest BCUT2D eigenvalue weighted by atomic mass is 35.5. The number of nitrogens with zero attached hydrogens (tertiary/aromatic N) is 1. The summed E-state index contributed by atoms with van der Waals surface area (Å²) in [6.07, 6.45) is 3.01. The number of methoxy groups -OCH3 is 1. The Labute approximate surface area is 168 Å². The topological polar surface area (TPSA) is 58.6 Å². The van der Waals surface area contributed by atoms with Crippen LogP contribution in [0, 0.1) is 0 Å². The highest BCUT2D eigenvalue weighted by molar-refractivity contribution is 6.34. The highest BCUT2D eigenvalue weighted by Crippen LogP contribution is 2.20. The van der Waals surface area contributed by atoms with E-state index < -0.39 is 0 Å². The lowest BCUT2D eigenvalue weighted by atomic mass is 10.2. The zero-order valence-corrected chi connectivity index (χ0v) is 16.6. The van der Waals surface area contributed by atoms with E-state index in [0.29, 0.717) is 33.6 Å². The fraction of sp³-hybridized carbons (Fsp3) is 0.200. The molecular weight excluding hydrogens is 387 g/mol. The first-order chi connectivity index (χ1) is 12.9. The number of carbonyl (C=O) groups is 2. The van der Waals surface area contributed by atoms with Crippen molar-refractivity contribution in [2.24, 2.45) is 0 Å². The number of hydrogen-bond donors (Lipinski definition) is 1. The summed E-state index contributed by atoms with van der Waals surface area (Å²) in [7, 11) is 1.57. The lowest BCUT2D eigenvalue weighted by Crippen LogP contribution is -2.36. The summed E-state index contributed by atoms with van der Waals surface area (Å²) < 4.78 is 5.08. The number of rotatable bonds is 7. The summed E-state index contributed by atoms with van der Waals surface area (Å²) >= 11 is 11.9. The summed E-state index contributed by atoms with van der Waals surface area (Å²) in [6, 6.07) is 12.0. The Balaban J connectivity index is 1.96. The normalized spacial score (nSPS) is 10.7. The molecule has 0 saturated carbocycles. The SMILES string of the molecule is CCN(CC(=O)Nc1ccc(OC)cc1)C(=O)/C=C/c1cc(Cl)cc(Cl)c1. The summed E-state index contributed by atoms with van der Waals surface area (Å²) in [4.78, 5) is 26.0. The van der Waals surface area contributed by atoms with E-state index >= 15 is 0 Å². The average molecular weight is 407 g/mol. The maximum atomic E-state index is 12.4. The molecule has 5 nitrogen and oxygen atoms in total. The Hall–Kier alpha value is -2.50. The zero-order valence-electron chi connectivity index (χ0n) is 15.0. The predicted molar refractivity (Wildman–Crippen MR) is 109 cm³/mol. The van der Waals surface area contributed by atoms with Gasteiger partial charge in [-0.2, -0.15) is 0 Å². The van der Waals surface area contributed by atoms with Crippen LogP contribution in [-0.2, 0) is 9.59 Å². The van der Waals surface area contributed by atoms with Crippen LogP contribution >= 0.6 is 23.2 Å². The standard InChI is InChI=1S/C20H20Cl2N2O3/c1-3-24(13-19(25)23-17-5-7-18(27-2)8-6-17)20(26)9-4-14-10-15(21)12-16(22)11-14/h4-12H,3,13H2,1-2H3,(H,23,25)/b9-4+. The first-order valence-electron chi connectivity index (χ1n) is 8.28. The van der Waals surface area contributed by atoms with Crippen LogP contribution in [0.25, 0.3) is 6.08 Å². The fourth-order valence-electron chi connectivity index (χ4n) is 2.34. The summed E-state index contributed by atoms with van der Waals surface area (Å²) in [5.41, 5.74) is 1.34. The van der Waals surface area contributed by atoms with E-state index in [9.17, 15) is 9.59 Å². The van der Waals surface area contributed by atoms with Gasteiger partial charge in [-0.1, -0.05) is 23.2 Å². The van der Waals surface area contributed by atoms with Crippen LogP contribution in [0.2, 0.25) is 10.0 Å². The van der Waals surface area contributed by atoms with Gasteiger partial charge in [0.25, 0.3) is 0 Å². The molecule has 0 spiro atoms. The van der Waals surface area contributed by atoms with Crippen molar-refractivity contribution in [2.45, 2.75) is 6.92 Å². The Morgan fingerprint density at radius 3 is 2.30 bits per heavy atom. The smallest absolute Gasteiger partial charge is 0.247 e. The number of likely N-dealkylation sites (N-methyl/N-ethyl adjacent to an activating group) is 1. The van der Waals surface area contributed by atoms with Crippen molar-refractivity contribution in [2.75, 3.05) is 25.5 Å². The third kappa shape index (κ3) is 6.62. The summed E-state index contributed by atoms with van der Waals surface area (Å²) in [5.74, 6) is 0.137. The quantitative estimate of drug-likeness (QED) is 0.688. The van der Waals surface area contributed by atoms with Gasteiger partial charge in [0.15, 0.2) is 0 Å². The molecule has 0 bridgehead atoms. The first-order valence-corrected chi connectivity index (χ1v) is 9.04. The molecule has 0 radical (unpaired) electrons. The third-order valence-electron chi connectivity index (χ3n) is 3.70. The van der Waals surface area contributed by atoms with Crippen molar-refractivity contribution in [3.63, 3.8) is 0 Å². The van der Waals surface area contributed by atoms with E-state index in [0.717, 1.165) is 0 Å². The molecule has 27 heavy (non-hydrogen) atoms. The fourth-order valence-corrected chi connectivity index (χ4v) is 2.88. The van der Waals surface area contributed by atoms with E-state index in [-0.39, 0.29) is 18.4 Å². The summed E-state index contributed by atoms with van der Waals surface area (Å²) in [5, 5.41) is 3.73. The van der Waals surface area contributed by atoms with E-state index in [4.69, 9.17) is 27.9 Å². The minimum absolute atomic E-state index is 0.0536. The van der Waals surface area contributed by atoms with E-state index in [1.807, 2.05) is 6.92 Å². The van der Waals surface area contributed by atoms with Gasteiger partial charge in [0, 0.05) is 28.4 Å². The van der Waals surface area contributed by atoms with Gasteiger partial charge in [-0.25, -0.2) is 0 Å². The van der Waals surface area contributed by atoms with E-state index in [1.165, 1.54) is 11.0 Å². The van der Waals surface area contributed by atoms with Crippen molar-refractivity contribution in [1.82, 2.24) is 4.90 Å². The molecule has 2 aromatic carbocycles. The number of carbonyl (C=O) groups excluding carboxylic acids is 2. The molecule has 1 N–H and O–H groups in total. The van der Waals surface area contributed by atoms with Gasteiger partial charge in [-0.3, -0.25) is 9.59 Å². The highest BCUT2D eigenvalue weighted by Gasteiger charge is 2.13. The Morgan fingerprint density at radius 1 is 1.11 bits per heavy atom. The lowest BCUT2D eigenvalue weighted by Gasteiger charge is -2.18. The molecule has 0 fully saturated rings. The van der Waals surface area contributed by atoms with Gasteiger partial charge in [0.2, 0.25) is 11.8 Å². The van der Waals surface area contributed by atoms with Crippen LogP contribution in [0.3, 0.4) is 0 Å². The average Bonchev–Trinajstić information content (AvgIpc) is 2.64. The Bertz CT molecular complexity index is 815. The second kappa shape index (κ2) is 10.00. The van der Waals surface area contributed by atoms with Crippen molar-refractivity contribution in [3.8, 4) is 5.75 Å². The van der Waals surface area contributed by atoms with Crippen LogP contribution in [0.1, 0.15) is 12.5 Å². The monoisotopic (exact) mass is 406 g/mol. The second-order valence-corrected chi connectivity index (χ2v) is 6.54. The Morgan fingerprint density at radius 2 is 1.74 bits per heavy atom. The van der Waals surface area contributed by atoms with Crippen LogP contribution in [0.15, 0.2) is 48.5 Å². The van der Waals surface area contributed by atoms with Gasteiger partial charge in [-0.15, -0.1) is 0 Å². The molecule has 0 atom stereocenters. The molecule has 7 heteroatoms. The van der Waals surface area contributed by atoms with Gasteiger partial charge in [0.05, 0.1) is 7.11 Å². The van der Waals surface area contributed by atoms with E-state index in [1.54, 1.807) is 55.7 Å². The van der Waals surface area contributed by atoms with Gasteiger partial charge in [-0.05, 0) is 61.0 Å². The van der Waals surface area contributed by atoms with Crippen molar-refractivity contribution in [3.05, 3.63) is 64.1 Å². The minimum atomic E-state index is -0.283. The van der Waals surface area contributed by atoms with Gasteiger partial charge in [0.1, 0.15) is 12.3 Å². The molecule has 0 aromatic heterocycles. The molecule has 2 aromatic rings. The van der Waals surface area contributed by atoms with Gasteiger partial charge >= 0.3 is 0 Å². The number of benzene rings is 2. The lowest BCUT2D eigenvalue weighted by molar-refractivity contribution is -0.130. The molecule has 0 aliphatic heterocycles. The molecule has 0 aliphatic carbocycles. The van der Waals surface area contributed by atoms with Crippen LogP contribution in [0.4, 0.5) is 5.69 Å². The maximum Gasteiger partial charge on any atom is 0.247 e. The van der Waals surface area contributed by atoms with Gasteiger partial charge < -0.3 is 15.0 Å². The molecule has 0 aliphatic rings. The number of anilines is 1. The summed E-state index contributed by atoms with van der Waals surface area (Å²) in [6.45, 7) is 2.15. The second-order valence-electron chi connectivity index (χ2n) is 5.67. The third-order valence-corrected chi connectivity index (χ3v) is 4.14. The first kappa shape index (κ1) is 20.8. The maximum absolute atomic E-state index is 12.4. The number of amides is 2. The molecule has 0 unspecified atom stereocenters. The zero-order chi connectivity index (χ0) is 19.8. The Kier molecular flexibility index (Phi) is 7.70. The number of nitrogens with one attached hydrogen (secondary N) is 1. The van der Waals surface area contributed by atoms with Crippen LogP contribution < -0.4 is 10.1 Å². The number of halogens is 2. The van der Waals surface area contributed by atoms with Crippen LogP contribution in [0.5, 0.6) is 5.75 Å². The molecule has 0 heterocycles. The van der Waals surface area contributed by atoms with Crippen molar-refractivity contribution in [1.29, 1.82) is 0 Å². The predicted octanol–water partition coefficient (Wildman–Crippen LogP) is 4.50. The molecule has 0 saturated heterocycles. The van der Waals surface area contributed by atoms with Crippen LogP contribution in [-0.4, -0.2) is 36.9 Å².